The molecule has 0 aliphatic rings. The number of ether oxygens (including phenoxy) is 1. The van der Waals surface area contributed by atoms with E-state index in [4.69, 9.17) is 4.74 Å². The maximum absolute atomic E-state index is 12.0. The van der Waals surface area contributed by atoms with E-state index in [2.05, 4.69) is 11.9 Å². The van der Waals surface area contributed by atoms with Crippen LogP contribution in [-0.2, 0) is 14.3 Å². The molecule has 1 aromatic rings. The van der Waals surface area contributed by atoms with E-state index in [0.717, 1.165) is 4.88 Å². The summed E-state index contributed by atoms with van der Waals surface area (Å²) in [4.78, 5) is 26.3. The lowest BCUT2D eigenvalue weighted by atomic mass is 10.2. The molecule has 0 saturated carbocycles. The van der Waals surface area contributed by atoms with Gasteiger partial charge in [0.05, 0.1) is 25.7 Å². The van der Waals surface area contributed by atoms with E-state index in [1.165, 1.54) is 0 Å². The third-order valence-corrected chi connectivity index (χ3v) is 3.82. The fourth-order valence-corrected chi connectivity index (χ4v) is 2.59. The van der Waals surface area contributed by atoms with E-state index >= 15 is 0 Å². The number of hydrogen-bond donors (Lipinski definition) is 1. The Morgan fingerprint density at radius 2 is 2.29 bits per heavy atom. The first-order valence-corrected chi connectivity index (χ1v) is 7.76. The first kappa shape index (κ1) is 17.4. The molecule has 1 rings (SSSR count). The van der Waals surface area contributed by atoms with Gasteiger partial charge in [-0.3, -0.25) is 14.5 Å². The van der Waals surface area contributed by atoms with Crippen LogP contribution in [0.5, 0.6) is 0 Å². The van der Waals surface area contributed by atoms with Gasteiger partial charge >= 0.3 is 5.97 Å². The van der Waals surface area contributed by atoms with E-state index in [1.54, 1.807) is 29.2 Å². The van der Waals surface area contributed by atoms with Crippen molar-refractivity contribution >= 4 is 23.2 Å². The van der Waals surface area contributed by atoms with E-state index in [1.807, 2.05) is 24.4 Å². The van der Waals surface area contributed by atoms with E-state index < -0.39 is 0 Å². The summed E-state index contributed by atoms with van der Waals surface area (Å²) in [6, 6.07) is 3.90. The standard InChI is InChI=1S/C15H22N2O3S/c1-4-8-17(11-15(19)20-5-2)10-14(18)16-12(3)13-7-6-9-21-13/h4,6-7,9,12H,1,5,8,10-11H2,2-3H3,(H,16,18). The highest BCUT2D eigenvalue weighted by atomic mass is 32.1. The van der Waals surface area contributed by atoms with Gasteiger partial charge < -0.3 is 10.1 Å². The predicted molar refractivity (Wildman–Crippen MR) is 84.1 cm³/mol. The molecule has 116 valence electrons. The number of nitrogens with one attached hydrogen (secondary N) is 1. The van der Waals surface area contributed by atoms with Crippen LogP contribution in [0.25, 0.3) is 0 Å². The number of amides is 1. The molecule has 21 heavy (non-hydrogen) atoms. The number of nitrogens with zero attached hydrogens (tertiary/aromatic N) is 1. The average molecular weight is 310 g/mol. The lowest BCUT2D eigenvalue weighted by Gasteiger charge is -2.20. The number of carbonyl (C=O) groups is 2. The Morgan fingerprint density at radius 3 is 2.86 bits per heavy atom. The monoisotopic (exact) mass is 310 g/mol. The van der Waals surface area contributed by atoms with Gasteiger partial charge in [0.15, 0.2) is 0 Å². The third-order valence-electron chi connectivity index (χ3n) is 2.76. The maximum atomic E-state index is 12.0. The lowest BCUT2D eigenvalue weighted by Crippen LogP contribution is -2.41. The van der Waals surface area contributed by atoms with Gasteiger partial charge in [0.25, 0.3) is 0 Å². The minimum Gasteiger partial charge on any atom is -0.465 e. The summed E-state index contributed by atoms with van der Waals surface area (Å²) in [6.45, 7) is 8.35. The Morgan fingerprint density at radius 1 is 1.52 bits per heavy atom. The van der Waals surface area contributed by atoms with E-state index in [0.29, 0.717) is 13.2 Å². The van der Waals surface area contributed by atoms with Crippen LogP contribution >= 0.6 is 11.3 Å². The van der Waals surface area contributed by atoms with Crippen LogP contribution in [0.3, 0.4) is 0 Å². The van der Waals surface area contributed by atoms with Crippen molar-refractivity contribution in [1.82, 2.24) is 10.2 Å². The molecule has 1 atom stereocenters. The molecule has 0 aliphatic heterocycles. The highest BCUT2D eigenvalue weighted by Gasteiger charge is 2.16. The van der Waals surface area contributed by atoms with Crippen molar-refractivity contribution in [1.29, 1.82) is 0 Å². The summed E-state index contributed by atoms with van der Waals surface area (Å²) >= 11 is 1.60. The van der Waals surface area contributed by atoms with Crippen LogP contribution in [0, 0.1) is 0 Å². The fourth-order valence-electron chi connectivity index (χ4n) is 1.86. The Bertz CT molecular complexity index is 459. The minimum atomic E-state index is -0.335. The lowest BCUT2D eigenvalue weighted by molar-refractivity contribution is -0.144. The molecule has 0 aliphatic carbocycles. The molecule has 6 heteroatoms. The summed E-state index contributed by atoms with van der Waals surface area (Å²) in [7, 11) is 0. The number of esters is 1. The Kier molecular flexibility index (Phi) is 7.71. The van der Waals surface area contributed by atoms with Gasteiger partial charge in [0.1, 0.15) is 0 Å². The zero-order chi connectivity index (χ0) is 15.7. The van der Waals surface area contributed by atoms with Crippen LogP contribution in [0.1, 0.15) is 24.8 Å². The molecular formula is C15H22N2O3S. The summed E-state index contributed by atoms with van der Waals surface area (Å²) < 4.78 is 4.90. The number of rotatable bonds is 9. The van der Waals surface area contributed by atoms with Crippen molar-refractivity contribution in [2.75, 3.05) is 26.2 Å². The highest BCUT2D eigenvalue weighted by molar-refractivity contribution is 7.10. The first-order chi connectivity index (χ1) is 10.1. The molecule has 0 fully saturated rings. The molecule has 0 aromatic carbocycles. The van der Waals surface area contributed by atoms with Crippen LogP contribution in [0.4, 0.5) is 0 Å². The molecular weight excluding hydrogens is 288 g/mol. The van der Waals surface area contributed by atoms with Gasteiger partial charge in [0.2, 0.25) is 5.91 Å². The van der Waals surface area contributed by atoms with Gasteiger partial charge in [-0.2, -0.15) is 0 Å². The largest absolute Gasteiger partial charge is 0.465 e. The van der Waals surface area contributed by atoms with Crippen LogP contribution in [-0.4, -0.2) is 43.0 Å². The predicted octanol–water partition coefficient (Wildman–Crippen LogP) is 1.98. The highest BCUT2D eigenvalue weighted by Crippen LogP contribution is 2.17. The summed E-state index contributed by atoms with van der Waals surface area (Å²) in [5.74, 6) is -0.458. The topological polar surface area (TPSA) is 58.6 Å². The van der Waals surface area contributed by atoms with Gasteiger partial charge in [-0.1, -0.05) is 12.1 Å². The zero-order valence-electron chi connectivity index (χ0n) is 12.5. The third kappa shape index (κ3) is 6.55. The van der Waals surface area contributed by atoms with Crippen molar-refractivity contribution in [2.45, 2.75) is 19.9 Å². The van der Waals surface area contributed by atoms with Crippen molar-refractivity contribution in [3.8, 4) is 0 Å². The minimum absolute atomic E-state index is 0.0364. The second kappa shape index (κ2) is 9.31. The van der Waals surface area contributed by atoms with Crippen molar-refractivity contribution in [3.05, 3.63) is 35.0 Å². The number of thiophene rings is 1. The molecule has 1 unspecified atom stereocenters. The second-order valence-electron chi connectivity index (χ2n) is 4.57. The summed E-state index contributed by atoms with van der Waals surface area (Å²) in [6.07, 6.45) is 1.66. The first-order valence-electron chi connectivity index (χ1n) is 6.88. The molecule has 0 bridgehead atoms. The normalized spacial score (nSPS) is 12.0. The Hall–Kier alpha value is -1.66. The fraction of sp³-hybridized carbons (Fsp3) is 0.467. The van der Waals surface area contributed by atoms with Gasteiger partial charge in [-0.15, -0.1) is 17.9 Å². The summed E-state index contributed by atoms with van der Waals surface area (Å²) in [5.41, 5.74) is 0. The van der Waals surface area contributed by atoms with Gasteiger partial charge in [-0.25, -0.2) is 0 Å². The van der Waals surface area contributed by atoms with Crippen molar-refractivity contribution < 1.29 is 14.3 Å². The second-order valence-corrected chi connectivity index (χ2v) is 5.55. The Balaban J connectivity index is 2.48. The summed E-state index contributed by atoms with van der Waals surface area (Å²) in [5, 5.41) is 4.89. The molecule has 1 aromatic heterocycles. The smallest absolute Gasteiger partial charge is 0.320 e. The van der Waals surface area contributed by atoms with E-state index in [9.17, 15) is 9.59 Å². The van der Waals surface area contributed by atoms with Crippen LogP contribution in [0.15, 0.2) is 30.2 Å². The van der Waals surface area contributed by atoms with Gasteiger partial charge in [0, 0.05) is 11.4 Å². The molecule has 0 spiro atoms. The van der Waals surface area contributed by atoms with Crippen LogP contribution < -0.4 is 5.32 Å². The quantitative estimate of drug-likeness (QED) is 0.560. The van der Waals surface area contributed by atoms with E-state index in [-0.39, 0.29) is 31.0 Å². The van der Waals surface area contributed by atoms with Crippen molar-refractivity contribution in [2.24, 2.45) is 0 Å². The number of hydrogen-bond acceptors (Lipinski definition) is 5. The Labute approximate surface area is 129 Å². The molecule has 1 amide bonds. The molecule has 1 N–H and O–H groups in total. The van der Waals surface area contributed by atoms with Gasteiger partial charge in [-0.05, 0) is 25.3 Å². The molecule has 0 saturated heterocycles. The molecule has 5 nitrogen and oxygen atoms in total. The maximum Gasteiger partial charge on any atom is 0.320 e. The van der Waals surface area contributed by atoms with Crippen molar-refractivity contribution in [3.63, 3.8) is 0 Å². The molecule has 0 radical (unpaired) electrons. The van der Waals surface area contributed by atoms with Crippen LogP contribution in [0.2, 0.25) is 0 Å². The zero-order valence-corrected chi connectivity index (χ0v) is 13.3. The SMILES string of the molecule is C=CCN(CC(=O)NC(C)c1cccs1)CC(=O)OCC. The average Bonchev–Trinajstić information content (AvgIpc) is 2.92. The number of carbonyl (C=O) groups excluding carboxylic acids is 2. The molecule has 1 heterocycles.